The highest BCUT2D eigenvalue weighted by Crippen LogP contribution is 2.12. The highest BCUT2D eigenvalue weighted by molar-refractivity contribution is 5.92. The van der Waals surface area contributed by atoms with Gasteiger partial charge in [0.15, 0.2) is 5.96 Å². The molecule has 3 N–H and O–H groups in total. The molecule has 0 spiro atoms. The Morgan fingerprint density at radius 3 is 2.65 bits per heavy atom. The number of aliphatic imine (C=N–C) groups is 1. The van der Waals surface area contributed by atoms with E-state index in [2.05, 4.69) is 63.2 Å². The largest absolute Gasteiger partial charge is 0.370 e. The predicted octanol–water partition coefficient (Wildman–Crippen LogP) is 3.73. The van der Waals surface area contributed by atoms with Gasteiger partial charge in [-0.2, -0.15) is 0 Å². The van der Waals surface area contributed by atoms with E-state index in [0.717, 1.165) is 30.0 Å². The number of nitrogens with zero attached hydrogens (tertiary/aromatic N) is 3. The van der Waals surface area contributed by atoms with Gasteiger partial charge in [0, 0.05) is 24.6 Å². The second-order valence-corrected chi connectivity index (χ2v) is 6.30. The fraction of sp³-hybridized carbons (Fsp3) is 0.238. The second kappa shape index (κ2) is 8.34. The molecule has 0 saturated heterocycles. The van der Waals surface area contributed by atoms with Crippen molar-refractivity contribution >= 4 is 11.6 Å². The van der Waals surface area contributed by atoms with Gasteiger partial charge in [-0.3, -0.25) is 0 Å². The van der Waals surface area contributed by atoms with E-state index in [1.165, 1.54) is 11.1 Å². The van der Waals surface area contributed by atoms with Crippen LogP contribution in [0.5, 0.6) is 0 Å². The third kappa shape index (κ3) is 4.72. The molecule has 5 heteroatoms. The first-order valence-corrected chi connectivity index (χ1v) is 8.85. The number of guanidine groups is 1. The first-order chi connectivity index (χ1) is 12.6. The Morgan fingerprint density at radius 1 is 1.12 bits per heavy atom. The van der Waals surface area contributed by atoms with Crippen molar-refractivity contribution in [2.24, 2.45) is 10.7 Å². The van der Waals surface area contributed by atoms with E-state index in [4.69, 9.17) is 5.73 Å². The maximum atomic E-state index is 6.04. The lowest BCUT2D eigenvalue weighted by Gasteiger charge is -2.08. The molecule has 1 heterocycles. The van der Waals surface area contributed by atoms with Crippen LogP contribution < -0.4 is 11.1 Å². The molecule has 0 fully saturated rings. The third-order valence-corrected chi connectivity index (χ3v) is 4.31. The average molecular weight is 347 g/mol. The van der Waals surface area contributed by atoms with Crippen molar-refractivity contribution in [3.8, 4) is 0 Å². The van der Waals surface area contributed by atoms with Crippen LogP contribution in [0.4, 0.5) is 5.69 Å². The standard InChI is InChI=1S/C21H25N5/c1-3-17-6-5-9-20(13-17)25-21(22)24-14-18-7-4-8-19(12-18)15-26-11-10-23-16(26)2/h4-13H,3,14-15H2,1-2H3,(H3,22,24,25). The fourth-order valence-electron chi connectivity index (χ4n) is 2.83. The van der Waals surface area contributed by atoms with Gasteiger partial charge in [0.2, 0.25) is 0 Å². The number of rotatable bonds is 6. The van der Waals surface area contributed by atoms with Crippen molar-refractivity contribution in [1.82, 2.24) is 9.55 Å². The summed E-state index contributed by atoms with van der Waals surface area (Å²) in [6.45, 7) is 5.49. The number of benzene rings is 2. The molecule has 0 atom stereocenters. The molecule has 0 bridgehead atoms. The average Bonchev–Trinajstić information content (AvgIpc) is 3.05. The maximum Gasteiger partial charge on any atom is 0.193 e. The van der Waals surface area contributed by atoms with Gasteiger partial charge in [-0.25, -0.2) is 9.98 Å². The number of aryl methyl sites for hydroxylation is 2. The summed E-state index contributed by atoms with van der Waals surface area (Å²) in [7, 11) is 0. The van der Waals surface area contributed by atoms with Crippen LogP contribution in [0.3, 0.4) is 0 Å². The van der Waals surface area contributed by atoms with E-state index >= 15 is 0 Å². The molecule has 3 rings (SSSR count). The van der Waals surface area contributed by atoms with Crippen molar-refractivity contribution < 1.29 is 0 Å². The second-order valence-electron chi connectivity index (χ2n) is 6.30. The minimum absolute atomic E-state index is 0.425. The molecule has 0 aliphatic rings. The topological polar surface area (TPSA) is 68.2 Å². The zero-order chi connectivity index (χ0) is 18.4. The molecular formula is C21H25N5. The van der Waals surface area contributed by atoms with Crippen molar-refractivity contribution in [2.75, 3.05) is 5.32 Å². The van der Waals surface area contributed by atoms with Crippen molar-refractivity contribution in [3.05, 3.63) is 83.4 Å². The van der Waals surface area contributed by atoms with Crippen molar-refractivity contribution in [3.63, 3.8) is 0 Å². The van der Waals surface area contributed by atoms with Gasteiger partial charge in [-0.15, -0.1) is 0 Å². The van der Waals surface area contributed by atoms with Gasteiger partial charge in [0.25, 0.3) is 0 Å². The Balaban J connectivity index is 1.63. The minimum Gasteiger partial charge on any atom is -0.370 e. The molecule has 0 radical (unpaired) electrons. The predicted molar refractivity (Wildman–Crippen MR) is 107 cm³/mol. The lowest BCUT2D eigenvalue weighted by atomic mass is 10.1. The zero-order valence-corrected chi connectivity index (χ0v) is 15.3. The summed E-state index contributed by atoms with van der Waals surface area (Å²) in [5, 5.41) is 3.16. The first-order valence-electron chi connectivity index (χ1n) is 8.85. The van der Waals surface area contributed by atoms with Gasteiger partial charge in [-0.1, -0.05) is 43.3 Å². The molecule has 0 saturated carbocycles. The molecular weight excluding hydrogens is 322 g/mol. The molecule has 0 unspecified atom stereocenters. The molecule has 0 aliphatic heterocycles. The number of imidazole rings is 1. The van der Waals surface area contributed by atoms with E-state index in [-0.39, 0.29) is 0 Å². The number of nitrogens with two attached hydrogens (primary N) is 1. The Hall–Kier alpha value is -3.08. The molecule has 0 aliphatic carbocycles. The normalized spacial score (nSPS) is 11.5. The number of hydrogen-bond acceptors (Lipinski definition) is 2. The van der Waals surface area contributed by atoms with E-state index < -0.39 is 0 Å². The summed E-state index contributed by atoms with van der Waals surface area (Å²) in [5.41, 5.74) is 10.6. The van der Waals surface area contributed by atoms with E-state index in [9.17, 15) is 0 Å². The van der Waals surface area contributed by atoms with E-state index in [1.807, 2.05) is 31.5 Å². The molecule has 3 aromatic rings. The van der Waals surface area contributed by atoms with Crippen LogP contribution in [-0.2, 0) is 19.5 Å². The highest BCUT2D eigenvalue weighted by Gasteiger charge is 2.01. The molecule has 1 aromatic heterocycles. The summed E-state index contributed by atoms with van der Waals surface area (Å²) in [6, 6.07) is 16.6. The Morgan fingerprint density at radius 2 is 1.88 bits per heavy atom. The molecule has 0 amide bonds. The number of aromatic nitrogens is 2. The van der Waals surface area contributed by atoms with E-state index in [0.29, 0.717) is 12.5 Å². The molecule has 26 heavy (non-hydrogen) atoms. The summed E-state index contributed by atoms with van der Waals surface area (Å²) in [4.78, 5) is 8.73. The van der Waals surface area contributed by atoms with Crippen LogP contribution in [0, 0.1) is 6.92 Å². The van der Waals surface area contributed by atoms with Gasteiger partial charge < -0.3 is 15.6 Å². The smallest absolute Gasteiger partial charge is 0.193 e. The van der Waals surface area contributed by atoms with Gasteiger partial charge in [-0.05, 0) is 42.2 Å². The van der Waals surface area contributed by atoms with Gasteiger partial charge in [0.1, 0.15) is 5.82 Å². The number of nitrogens with one attached hydrogen (secondary N) is 1. The summed E-state index contributed by atoms with van der Waals surface area (Å²) in [6.07, 6.45) is 4.81. The Kier molecular flexibility index (Phi) is 5.69. The molecule has 2 aromatic carbocycles. The summed E-state index contributed by atoms with van der Waals surface area (Å²) < 4.78 is 2.12. The Bertz CT molecular complexity index is 895. The summed E-state index contributed by atoms with van der Waals surface area (Å²) >= 11 is 0. The number of hydrogen-bond donors (Lipinski definition) is 2. The quantitative estimate of drug-likeness (QED) is 0.527. The van der Waals surface area contributed by atoms with Crippen LogP contribution in [0.2, 0.25) is 0 Å². The number of anilines is 1. The van der Waals surface area contributed by atoms with Crippen LogP contribution in [0.1, 0.15) is 29.4 Å². The SMILES string of the molecule is CCc1cccc(NC(N)=NCc2cccc(Cn3ccnc3C)c2)c1. The van der Waals surface area contributed by atoms with Crippen LogP contribution in [-0.4, -0.2) is 15.5 Å². The van der Waals surface area contributed by atoms with Crippen molar-refractivity contribution in [1.29, 1.82) is 0 Å². The van der Waals surface area contributed by atoms with Crippen molar-refractivity contribution in [2.45, 2.75) is 33.4 Å². The first kappa shape index (κ1) is 17.7. The van der Waals surface area contributed by atoms with Gasteiger partial charge in [0.05, 0.1) is 6.54 Å². The zero-order valence-electron chi connectivity index (χ0n) is 15.3. The van der Waals surface area contributed by atoms with Crippen LogP contribution >= 0.6 is 0 Å². The summed E-state index contributed by atoms with van der Waals surface area (Å²) in [5.74, 6) is 1.44. The fourth-order valence-corrected chi connectivity index (χ4v) is 2.83. The van der Waals surface area contributed by atoms with Crippen LogP contribution in [0.15, 0.2) is 65.9 Å². The molecule has 134 valence electrons. The van der Waals surface area contributed by atoms with E-state index in [1.54, 1.807) is 0 Å². The van der Waals surface area contributed by atoms with Crippen LogP contribution in [0.25, 0.3) is 0 Å². The monoisotopic (exact) mass is 347 g/mol. The highest BCUT2D eigenvalue weighted by atomic mass is 15.1. The minimum atomic E-state index is 0.425. The van der Waals surface area contributed by atoms with Gasteiger partial charge >= 0.3 is 0 Å². The Labute approximate surface area is 154 Å². The lowest BCUT2D eigenvalue weighted by Crippen LogP contribution is -2.22. The third-order valence-electron chi connectivity index (χ3n) is 4.31. The lowest BCUT2D eigenvalue weighted by molar-refractivity contribution is 0.760. The maximum absolute atomic E-state index is 6.04. The molecule has 5 nitrogen and oxygen atoms in total.